The van der Waals surface area contributed by atoms with Crippen molar-refractivity contribution in [2.75, 3.05) is 11.4 Å². The van der Waals surface area contributed by atoms with E-state index in [4.69, 9.17) is 5.73 Å². The van der Waals surface area contributed by atoms with E-state index in [1.165, 1.54) is 6.07 Å². The SMILES string of the molecule is Nc1cc(F)cc(SC[B-](F)(F)F)c1.[K+]. The monoisotopic (exact) mass is 263 g/mol. The largest absolute Gasteiger partial charge is 1.00 e. The Bertz CT molecular complexity index is 313. The second-order valence-corrected chi connectivity index (χ2v) is 3.84. The first-order valence-electron chi connectivity index (χ1n) is 3.77. The van der Waals surface area contributed by atoms with Gasteiger partial charge in [0.25, 0.3) is 0 Å². The maximum absolute atomic E-state index is 12.7. The van der Waals surface area contributed by atoms with Crippen molar-refractivity contribution in [3.63, 3.8) is 0 Å². The second kappa shape index (κ2) is 6.51. The zero-order valence-electron chi connectivity index (χ0n) is 8.01. The van der Waals surface area contributed by atoms with Crippen LogP contribution < -0.4 is 57.1 Å². The Morgan fingerprint density at radius 1 is 1.20 bits per heavy atom. The molecule has 0 fully saturated rings. The maximum Gasteiger partial charge on any atom is 1.00 e. The van der Waals surface area contributed by atoms with Gasteiger partial charge in [-0.15, -0.1) is 0 Å². The average Bonchev–Trinajstić information content (AvgIpc) is 1.97. The Labute approximate surface area is 132 Å². The van der Waals surface area contributed by atoms with Crippen molar-refractivity contribution in [1.29, 1.82) is 0 Å². The number of anilines is 1. The first-order valence-corrected chi connectivity index (χ1v) is 4.75. The molecule has 0 heterocycles. The van der Waals surface area contributed by atoms with Gasteiger partial charge in [0, 0.05) is 10.6 Å². The first-order chi connectivity index (χ1) is 6.37. The summed E-state index contributed by atoms with van der Waals surface area (Å²) in [6, 6.07) is 3.40. The Hall–Kier alpha value is 0.791. The molecule has 15 heavy (non-hydrogen) atoms. The summed E-state index contributed by atoms with van der Waals surface area (Å²) in [5.41, 5.74) is 4.41. The summed E-state index contributed by atoms with van der Waals surface area (Å²) in [5.74, 6) is -0.623. The molecule has 1 rings (SSSR count). The van der Waals surface area contributed by atoms with Crippen LogP contribution in [0.2, 0.25) is 0 Å². The predicted molar refractivity (Wildman–Crippen MR) is 50.6 cm³/mol. The molecular formula is C7H7BF4KNS. The Balaban J connectivity index is 0.00000196. The molecule has 0 aliphatic rings. The van der Waals surface area contributed by atoms with E-state index in [-0.39, 0.29) is 62.0 Å². The van der Waals surface area contributed by atoms with E-state index in [1.807, 2.05) is 0 Å². The van der Waals surface area contributed by atoms with Crippen molar-refractivity contribution in [2.45, 2.75) is 4.90 Å². The van der Waals surface area contributed by atoms with Gasteiger partial charge >= 0.3 is 58.4 Å². The summed E-state index contributed by atoms with van der Waals surface area (Å²) >= 11 is 0.538. The van der Waals surface area contributed by atoms with Crippen LogP contribution in [0.1, 0.15) is 0 Å². The maximum atomic E-state index is 12.7. The number of thioether (sulfide) groups is 1. The number of nitrogen functional groups attached to an aromatic ring is 1. The van der Waals surface area contributed by atoms with E-state index in [2.05, 4.69) is 0 Å². The van der Waals surface area contributed by atoms with Crippen LogP contribution in [0.4, 0.5) is 23.0 Å². The fourth-order valence-corrected chi connectivity index (χ4v) is 1.66. The number of hydrogen-bond donors (Lipinski definition) is 1. The number of halogens is 4. The molecule has 0 aromatic heterocycles. The molecule has 0 atom stereocenters. The van der Waals surface area contributed by atoms with Gasteiger partial charge in [-0.25, -0.2) is 4.39 Å². The summed E-state index contributed by atoms with van der Waals surface area (Å²) < 4.78 is 48.3. The van der Waals surface area contributed by atoms with Gasteiger partial charge in [-0.1, -0.05) is 0 Å². The Morgan fingerprint density at radius 2 is 1.80 bits per heavy atom. The minimum atomic E-state index is -4.85. The molecule has 0 amide bonds. The van der Waals surface area contributed by atoms with Crippen LogP contribution in [0, 0.1) is 5.82 Å². The van der Waals surface area contributed by atoms with Crippen molar-refractivity contribution in [3.05, 3.63) is 24.0 Å². The zero-order valence-corrected chi connectivity index (χ0v) is 12.0. The third-order valence-electron chi connectivity index (χ3n) is 1.33. The number of hydrogen-bond acceptors (Lipinski definition) is 2. The van der Waals surface area contributed by atoms with E-state index < -0.39 is 18.4 Å². The van der Waals surface area contributed by atoms with Crippen molar-refractivity contribution in [3.8, 4) is 0 Å². The Morgan fingerprint density at radius 3 is 2.27 bits per heavy atom. The average molecular weight is 263 g/mol. The molecule has 1 nitrogen and oxygen atoms in total. The molecule has 0 radical (unpaired) electrons. The molecule has 0 unspecified atom stereocenters. The van der Waals surface area contributed by atoms with E-state index in [0.29, 0.717) is 11.8 Å². The van der Waals surface area contributed by atoms with Crippen LogP contribution in [0.25, 0.3) is 0 Å². The van der Waals surface area contributed by atoms with Crippen molar-refractivity contribution < 1.29 is 68.7 Å². The Kier molecular flexibility index (Phi) is 6.85. The third kappa shape index (κ3) is 6.85. The summed E-state index contributed by atoms with van der Waals surface area (Å²) in [6.45, 7) is -4.85. The molecule has 2 N–H and O–H groups in total. The van der Waals surface area contributed by atoms with Crippen molar-refractivity contribution >= 4 is 24.4 Å². The van der Waals surface area contributed by atoms with Crippen LogP contribution in [-0.4, -0.2) is 12.6 Å². The normalized spacial score (nSPS) is 10.9. The molecule has 1 aromatic rings. The van der Waals surface area contributed by atoms with Gasteiger partial charge in [-0.05, 0) is 23.9 Å². The summed E-state index contributed by atoms with van der Waals surface area (Å²) in [6.07, 6.45) is 0. The van der Waals surface area contributed by atoms with Gasteiger partial charge < -0.3 is 18.7 Å². The zero-order chi connectivity index (χ0) is 10.8. The molecule has 0 bridgehead atoms. The van der Waals surface area contributed by atoms with Gasteiger partial charge in [-0.2, -0.15) is 11.8 Å². The molecule has 1 aromatic carbocycles. The molecule has 0 saturated heterocycles. The van der Waals surface area contributed by atoms with Crippen LogP contribution in [-0.2, 0) is 0 Å². The minimum absolute atomic E-state index is 0. The van der Waals surface area contributed by atoms with Crippen LogP contribution in [0.3, 0.4) is 0 Å². The van der Waals surface area contributed by atoms with Crippen LogP contribution in [0.15, 0.2) is 23.1 Å². The standard InChI is InChI=1S/C7H7BF4NS.K/c9-5-1-6(13)3-7(2-5)14-4-8(10,11)12;/h1-3H,4,13H2;/q-1;+1. The number of rotatable bonds is 3. The quantitative estimate of drug-likeness (QED) is 0.356. The molecule has 0 saturated carbocycles. The van der Waals surface area contributed by atoms with Gasteiger partial charge in [0.15, 0.2) is 0 Å². The van der Waals surface area contributed by atoms with Gasteiger partial charge in [0.1, 0.15) is 5.82 Å². The molecule has 8 heteroatoms. The first kappa shape index (κ1) is 15.8. The van der Waals surface area contributed by atoms with Gasteiger partial charge in [0.05, 0.1) is 0 Å². The van der Waals surface area contributed by atoms with Crippen molar-refractivity contribution in [1.82, 2.24) is 0 Å². The second-order valence-electron chi connectivity index (χ2n) is 2.74. The third-order valence-corrected chi connectivity index (χ3v) is 2.45. The fourth-order valence-electron chi connectivity index (χ4n) is 0.858. The summed E-state index contributed by atoms with van der Waals surface area (Å²) in [4.78, 5) is 0.196. The van der Waals surface area contributed by atoms with Gasteiger partial charge in [0.2, 0.25) is 0 Å². The van der Waals surface area contributed by atoms with Gasteiger partial charge in [-0.3, -0.25) is 0 Å². The van der Waals surface area contributed by atoms with Crippen LogP contribution >= 0.6 is 11.8 Å². The number of benzene rings is 1. The van der Waals surface area contributed by atoms with E-state index >= 15 is 0 Å². The fraction of sp³-hybridized carbons (Fsp3) is 0.143. The summed E-state index contributed by atoms with van der Waals surface area (Å²) in [7, 11) is 0. The topological polar surface area (TPSA) is 26.0 Å². The number of nitrogens with two attached hydrogens (primary N) is 1. The predicted octanol–water partition coefficient (Wildman–Crippen LogP) is -0.109. The smallest absolute Gasteiger partial charge is 0.448 e. The molecule has 0 aliphatic heterocycles. The van der Waals surface area contributed by atoms with Crippen LogP contribution in [0.5, 0.6) is 0 Å². The molecule has 0 aliphatic carbocycles. The van der Waals surface area contributed by atoms with E-state index in [0.717, 1.165) is 12.1 Å². The summed E-state index contributed by atoms with van der Waals surface area (Å²) in [5, 5.41) is 0. The molecule has 0 spiro atoms. The van der Waals surface area contributed by atoms with E-state index in [1.54, 1.807) is 0 Å². The van der Waals surface area contributed by atoms with Crippen molar-refractivity contribution in [2.24, 2.45) is 0 Å². The van der Waals surface area contributed by atoms with E-state index in [9.17, 15) is 17.3 Å². The molecule has 78 valence electrons. The molecular weight excluding hydrogens is 256 g/mol. The minimum Gasteiger partial charge on any atom is -0.448 e.